The summed E-state index contributed by atoms with van der Waals surface area (Å²) in [5.41, 5.74) is 2.66. The molecule has 1 atom stereocenters. The molecule has 2 amide bonds. The van der Waals surface area contributed by atoms with Gasteiger partial charge in [0.2, 0.25) is 12.3 Å². The third-order valence-corrected chi connectivity index (χ3v) is 3.98. The number of aldehydes is 1. The minimum atomic E-state index is -0.721. The summed E-state index contributed by atoms with van der Waals surface area (Å²) in [6.45, 7) is 8.20. The highest BCUT2D eigenvalue weighted by atomic mass is 16.2. The van der Waals surface area contributed by atoms with Gasteiger partial charge in [-0.15, -0.1) is 0 Å². The fraction of sp³-hybridized carbons (Fsp3) is 0.550. The molecule has 0 aliphatic heterocycles. The first-order valence-corrected chi connectivity index (χ1v) is 9.07. The standard InChI is InChI=1S/C18H27N3O3.C2H6/c1-13(2)14-8-9-15(17(11-14)20(4)5)21(12-23)16(7-6-10-22)18(24)19-3;1-2/h8-13,16H,6-7H2,1-5H3,(H,19,24);1-2H3. The van der Waals surface area contributed by atoms with E-state index in [-0.39, 0.29) is 18.7 Å². The molecule has 0 radical (unpaired) electrons. The predicted octanol–water partition coefficient (Wildman–Crippen LogP) is 2.96. The molecule has 26 heavy (non-hydrogen) atoms. The van der Waals surface area contributed by atoms with E-state index in [0.717, 1.165) is 17.5 Å². The third-order valence-electron chi connectivity index (χ3n) is 3.98. The molecular formula is C20H33N3O3. The molecule has 1 aromatic rings. The molecule has 0 aromatic heterocycles. The van der Waals surface area contributed by atoms with Crippen LogP contribution in [-0.4, -0.2) is 45.8 Å². The van der Waals surface area contributed by atoms with Crippen molar-refractivity contribution in [2.75, 3.05) is 30.9 Å². The lowest BCUT2D eigenvalue weighted by atomic mass is 10.0. The van der Waals surface area contributed by atoms with Crippen LogP contribution < -0.4 is 15.1 Å². The normalized spacial score (nSPS) is 11.1. The lowest BCUT2D eigenvalue weighted by Crippen LogP contribution is -2.46. The van der Waals surface area contributed by atoms with E-state index in [9.17, 15) is 14.4 Å². The van der Waals surface area contributed by atoms with Gasteiger partial charge in [0, 0.05) is 27.6 Å². The molecule has 0 bridgehead atoms. The van der Waals surface area contributed by atoms with Crippen LogP contribution in [0.15, 0.2) is 18.2 Å². The van der Waals surface area contributed by atoms with E-state index in [1.54, 1.807) is 0 Å². The Balaban J connectivity index is 0.00000301. The Labute approximate surface area is 157 Å². The molecule has 0 saturated carbocycles. The van der Waals surface area contributed by atoms with Crippen molar-refractivity contribution in [2.24, 2.45) is 0 Å². The number of carbonyl (C=O) groups is 3. The van der Waals surface area contributed by atoms with Gasteiger partial charge in [0.15, 0.2) is 0 Å². The Morgan fingerprint density at radius 2 is 1.77 bits per heavy atom. The van der Waals surface area contributed by atoms with Crippen molar-refractivity contribution in [3.63, 3.8) is 0 Å². The summed E-state index contributed by atoms with van der Waals surface area (Å²) in [6, 6.07) is 5.12. The van der Waals surface area contributed by atoms with Crippen molar-refractivity contribution >= 4 is 30.0 Å². The van der Waals surface area contributed by atoms with Crippen molar-refractivity contribution in [3.05, 3.63) is 23.8 Å². The third kappa shape index (κ3) is 6.17. The summed E-state index contributed by atoms with van der Waals surface area (Å²) in [6.07, 6.45) is 1.90. The van der Waals surface area contributed by atoms with Gasteiger partial charge >= 0.3 is 0 Å². The van der Waals surface area contributed by atoms with E-state index < -0.39 is 6.04 Å². The predicted molar refractivity (Wildman–Crippen MR) is 108 cm³/mol. The molecule has 146 valence electrons. The molecule has 0 fully saturated rings. The van der Waals surface area contributed by atoms with Crippen LogP contribution in [0, 0.1) is 0 Å². The molecule has 1 N–H and O–H groups in total. The second-order valence-corrected chi connectivity index (χ2v) is 6.18. The van der Waals surface area contributed by atoms with Gasteiger partial charge in [0.05, 0.1) is 11.4 Å². The first kappa shape index (κ1) is 23.6. The van der Waals surface area contributed by atoms with Crippen molar-refractivity contribution in [3.8, 4) is 0 Å². The number of hydrogen-bond donors (Lipinski definition) is 1. The van der Waals surface area contributed by atoms with E-state index in [4.69, 9.17) is 0 Å². The molecule has 0 spiro atoms. The molecular weight excluding hydrogens is 330 g/mol. The van der Waals surface area contributed by atoms with Crippen LogP contribution in [-0.2, 0) is 14.4 Å². The van der Waals surface area contributed by atoms with Gasteiger partial charge in [0.1, 0.15) is 12.3 Å². The van der Waals surface area contributed by atoms with Crippen LogP contribution in [0.3, 0.4) is 0 Å². The number of anilines is 2. The highest BCUT2D eigenvalue weighted by Gasteiger charge is 2.27. The van der Waals surface area contributed by atoms with E-state index in [0.29, 0.717) is 18.0 Å². The number of nitrogens with zero attached hydrogens (tertiary/aromatic N) is 2. The molecule has 0 heterocycles. The van der Waals surface area contributed by atoms with Crippen LogP contribution >= 0.6 is 0 Å². The number of amides is 2. The summed E-state index contributed by atoms with van der Waals surface area (Å²) < 4.78 is 0. The van der Waals surface area contributed by atoms with Crippen molar-refractivity contribution in [2.45, 2.75) is 52.5 Å². The number of hydrogen-bond acceptors (Lipinski definition) is 4. The number of nitrogens with one attached hydrogen (secondary N) is 1. The van der Waals surface area contributed by atoms with Crippen LogP contribution in [0.2, 0.25) is 0 Å². The van der Waals surface area contributed by atoms with E-state index in [1.165, 1.54) is 11.9 Å². The summed E-state index contributed by atoms with van der Waals surface area (Å²) in [4.78, 5) is 38.0. The molecule has 1 unspecified atom stereocenters. The fourth-order valence-electron chi connectivity index (χ4n) is 2.56. The molecule has 0 aliphatic rings. The zero-order chi connectivity index (χ0) is 20.3. The van der Waals surface area contributed by atoms with Crippen LogP contribution in [0.4, 0.5) is 11.4 Å². The Kier molecular flexibility index (Phi) is 11.0. The summed E-state index contributed by atoms with van der Waals surface area (Å²) in [5.74, 6) is 0.0637. The SMILES string of the molecule is CC.CNC(=O)C(CCC=O)N(C=O)c1ccc(C(C)C)cc1N(C)C. The average Bonchev–Trinajstić information content (AvgIpc) is 2.65. The first-order valence-electron chi connectivity index (χ1n) is 9.07. The Hall–Kier alpha value is -2.37. The lowest BCUT2D eigenvalue weighted by Gasteiger charge is -2.30. The summed E-state index contributed by atoms with van der Waals surface area (Å²) in [5, 5.41) is 2.57. The molecule has 6 heteroatoms. The summed E-state index contributed by atoms with van der Waals surface area (Å²) >= 11 is 0. The van der Waals surface area contributed by atoms with Crippen molar-refractivity contribution in [1.29, 1.82) is 0 Å². The van der Waals surface area contributed by atoms with Crippen LogP contribution in [0.1, 0.15) is 52.0 Å². The first-order chi connectivity index (χ1) is 12.4. The number of benzene rings is 1. The number of rotatable bonds is 9. The quantitative estimate of drug-likeness (QED) is 0.685. The largest absolute Gasteiger partial charge is 0.376 e. The van der Waals surface area contributed by atoms with E-state index in [2.05, 4.69) is 19.2 Å². The van der Waals surface area contributed by atoms with Gasteiger partial charge < -0.3 is 19.9 Å². The topological polar surface area (TPSA) is 69.7 Å². The van der Waals surface area contributed by atoms with E-state index in [1.807, 2.05) is 51.0 Å². The second-order valence-electron chi connectivity index (χ2n) is 6.18. The van der Waals surface area contributed by atoms with Gasteiger partial charge in [-0.25, -0.2) is 0 Å². The fourth-order valence-corrected chi connectivity index (χ4v) is 2.56. The van der Waals surface area contributed by atoms with Crippen molar-refractivity contribution < 1.29 is 14.4 Å². The zero-order valence-electron chi connectivity index (χ0n) is 17.1. The Morgan fingerprint density at radius 1 is 1.15 bits per heavy atom. The highest BCUT2D eigenvalue weighted by molar-refractivity contribution is 5.95. The highest BCUT2D eigenvalue weighted by Crippen LogP contribution is 2.33. The molecule has 0 saturated heterocycles. The van der Waals surface area contributed by atoms with Gasteiger partial charge in [-0.3, -0.25) is 9.59 Å². The maximum absolute atomic E-state index is 12.2. The zero-order valence-corrected chi connectivity index (χ0v) is 17.1. The minimum absolute atomic E-state index is 0.212. The Morgan fingerprint density at radius 3 is 2.19 bits per heavy atom. The van der Waals surface area contributed by atoms with Gasteiger partial charge in [-0.2, -0.15) is 0 Å². The van der Waals surface area contributed by atoms with Crippen LogP contribution in [0.25, 0.3) is 0 Å². The van der Waals surface area contributed by atoms with E-state index >= 15 is 0 Å². The summed E-state index contributed by atoms with van der Waals surface area (Å²) in [7, 11) is 5.31. The van der Waals surface area contributed by atoms with Gasteiger partial charge in [-0.05, 0) is 30.0 Å². The second kappa shape index (κ2) is 12.1. The smallest absolute Gasteiger partial charge is 0.242 e. The molecule has 1 rings (SSSR count). The van der Waals surface area contributed by atoms with Gasteiger partial charge in [0.25, 0.3) is 0 Å². The number of likely N-dealkylation sites (N-methyl/N-ethyl adjacent to an activating group) is 1. The maximum Gasteiger partial charge on any atom is 0.242 e. The average molecular weight is 364 g/mol. The molecule has 0 aliphatic carbocycles. The van der Waals surface area contributed by atoms with Gasteiger partial charge in [-0.1, -0.05) is 33.8 Å². The molecule has 6 nitrogen and oxygen atoms in total. The van der Waals surface area contributed by atoms with Crippen LogP contribution in [0.5, 0.6) is 0 Å². The monoisotopic (exact) mass is 363 g/mol. The maximum atomic E-state index is 12.2. The Bertz CT molecular complexity index is 586. The lowest BCUT2D eigenvalue weighted by molar-refractivity contribution is -0.123. The number of carbonyl (C=O) groups excluding carboxylic acids is 3. The minimum Gasteiger partial charge on any atom is -0.376 e. The van der Waals surface area contributed by atoms with Crippen molar-refractivity contribution in [1.82, 2.24) is 5.32 Å². The molecule has 1 aromatic carbocycles.